The maximum Gasteiger partial charge on any atom is 0.308 e. The van der Waals surface area contributed by atoms with E-state index < -0.39 is 6.10 Å². The van der Waals surface area contributed by atoms with Gasteiger partial charge in [0.1, 0.15) is 6.10 Å². The molecule has 1 aliphatic heterocycles. The number of carbonyl (C=O) groups excluding carboxylic acids is 2. The first kappa shape index (κ1) is 30.7. The summed E-state index contributed by atoms with van der Waals surface area (Å²) in [6.45, 7) is 9.14. The van der Waals surface area contributed by atoms with E-state index in [2.05, 4.69) is 13.8 Å². The monoisotopic (exact) mass is 557 g/mol. The number of rotatable bonds is 10. The van der Waals surface area contributed by atoms with Gasteiger partial charge in [-0.05, 0) is 86.3 Å². The van der Waals surface area contributed by atoms with Crippen molar-refractivity contribution in [2.24, 2.45) is 35.5 Å². The highest BCUT2D eigenvalue weighted by molar-refractivity contribution is 5.78. The zero-order valence-electron chi connectivity index (χ0n) is 25.4. The third-order valence-electron chi connectivity index (χ3n) is 10.2. The van der Waals surface area contributed by atoms with Crippen LogP contribution in [0, 0.1) is 35.5 Å². The molecule has 1 saturated heterocycles. The van der Waals surface area contributed by atoms with E-state index in [0.717, 1.165) is 31.2 Å². The number of benzene rings is 1. The van der Waals surface area contributed by atoms with Crippen molar-refractivity contribution in [2.45, 2.75) is 110 Å². The number of hydrogen-bond acceptors (Lipinski definition) is 6. The maximum atomic E-state index is 13.2. The summed E-state index contributed by atoms with van der Waals surface area (Å²) in [6, 6.07) is 5.76. The van der Waals surface area contributed by atoms with Crippen molar-refractivity contribution in [2.75, 3.05) is 14.2 Å². The molecule has 0 spiro atoms. The highest BCUT2D eigenvalue weighted by Crippen LogP contribution is 2.51. The first-order valence-corrected chi connectivity index (χ1v) is 15.5. The van der Waals surface area contributed by atoms with E-state index in [-0.39, 0.29) is 36.4 Å². The van der Waals surface area contributed by atoms with Gasteiger partial charge in [-0.25, -0.2) is 0 Å². The number of piperidine rings is 1. The Morgan fingerprint density at radius 3 is 2.52 bits per heavy atom. The van der Waals surface area contributed by atoms with Crippen molar-refractivity contribution >= 4 is 11.9 Å². The lowest BCUT2D eigenvalue weighted by Crippen LogP contribution is -2.50. The van der Waals surface area contributed by atoms with Gasteiger partial charge in [0.25, 0.3) is 0 Å². The van der Waals surface area contributed by atoms with Crippen LogP contribution in [0.5, 0.6) is 11.5 Å². The number of fused-ring (bicyclic) bond motifs is 1. The van der Waals surface area contributed by atoms with Gasteiger partial charge in [0, 0.05) is 18.5 Å². The lowest BCUT2D eigenvalue weighted by atomic mass is 9.58. The van der Waals surface area contributed by atoms with Crippen LogP contribution in [0.4, 0.5) is 0 Å². The fraction of sp³-hybridized carbons (Fsp3) is 0.758. The second-order valence-corrected chi connectivity index (χ2v) is 13.0. The number of esters is 1. The van der Waals surface area contributed by atoms with Crippen LogP contribution >= 0.6 is 0 Å². The molecule has 0 aromatic heterocycles. The summed E-state index contributed by atoms with van der Waals surface area (Å²) in [5, 5.41) is 10.6. The predicted molar refractivity (Wildman–Crippen MR) is 155 cm³/mol. The summed E-state index contributed by atoms with van der Waals surface area (Å²) < 4.78 is 17.1. The van der Waals surface area contributed by atoms with Crippen molar-refractivity contribution in [3.8, 4) is 11.5 Å². The zero-order valence-corrected chi connectivity index (χ0v) is 25.4. The molecule has 1 amide bonds. The Kier molecular flexibility index (Phi) is 10.4. The number of carbonyl (C=O) groups is 2. The van der Waals surface area contributed by atoms with Crippen LogP contribution in [-0.2, 0) is 20.9 Å². The fourth-order valence-corrected chi connectivity index (χ4v) is 7.77. The molecule has 7 nitrogen and oxygen atoms in total. The molecule has 0 radical (unpaired) electrons. The Morgan fingerprint density at radius 1 is 1.07 bits per heavy atom. The molecule has 4 rings (SSSR count). The zero-order chi connectivity index (χ0) is 29.0. The van der Waals surface area contributed by atoms with E-state index in [4.69, 9.17) is 14.2 Å². The molecule has 7 heteroatoms. The average molecular weight is 558 g/mol. The largest absolute Gasteiger partial charge is 0.493 e. The van der Waals surface area contributed by atoms with Crippen LogP contribution < -0.4 is 9.47 Å². The summed E-state index contributed by atoms with van der Waals surface area (Å²) in [5.74, 6) is 3.68. The third kappa shape index (κ3) is 6.95. The van der Waals surface area contributed by atoms with Crippen molar-refractivity contribution in [1.82, 2.24) is 4.90 Å². The topological polar surface area (TPSA) is 85.3 Å². The minimum Gasteiger partial charge on any atom is -0.493 e. The summed E-state index contributed by atoms with van der Waals surface area (Å²) in [5.41, 5.74) is 0.983. The van der Waals surface area contributed by atoms with Crippen LogP contribution in [0.25, 0.3) is 0 Å². The van der Waals surface area contributed by atoms with Gasteiger partial charge in [-0.15, -0.1) is 0 Å². The quantitative estimate of drug-likeness (QED) is 0.355. The molecule has 2 aliphatic carbocycles. The molecule has 40 heavy (non-hydrogen) atoms. The Hall–Kier alpha value is -2.28. The van der Waals surface area contributed by atoms with E-state index in [1.807, 2.05) is 36.9 Å². The summed E-state index contributed by atoms with van der Waals surface area (Å²) >= 11 is 0. The molecule has 0 bridgehead atoms. The first-order valence-electron chi connectivity index (χ1n) is 15.5. The van der Waals surface area contributed by atoms with Crippen LogP contribution in [0.15, 0.2) is 18.2 Å². The number of nitrogens with zero attached hydrogens (tertiary/aromatic N) is 1. The molecule has 9 atom stereocenters. The summed E-state index contributed by atoms with van der Waals surface area (Å²) in [7, 11) is 3.23. The number of aliphatic hydroxyl groups is 1. The molecular weight excluding hydrogens is 506 g/mol. The molecule has 1 aromatic rings. The van der Waals surface area contributed by atoms with E-state index >= 15 is 0 Å². The third-order valence-corrected chi connectivity index (χ3v) is 10.2. The number of amides is 1. The standard InChI is InChI=1S/C33H51NO6/c1-7-21(3)33(37)40-30-15-20(2)14-24-10-8-22(4)27(32(24)30)12-11-25-17-26(35)18-31(36)34(25)19-23-9-13-28(38-5)29(16-23)39-6/h9,13,16,20-22,24-27,30,32,35H,7-8,10-12,14-15,17-19H2,1-6H3/t20-,21?,22?,24-,25?,26+,27?,30-,32?/m0/s1. The molecule has 2 saturated carbocycles. The van der Waals surface area contributed by atoms with Crippen LogP contribution in [0.1, 0.15) is 91.0 Å². The van der Waals surface area contributed by atoms with Crippen LogP contribution in [0.3, 0.4) is 0 Å². The fourth-order valence-electron chi connectivity index (χ4n) is 7.77. The number of likely N-dealkylation sites (tertiary alicyclic amines) is 1. The Balaban J connectivity index is 1.51. The molecule has 1 heterocycles. The van der Waals surface area contributed by atoms with Crippen LogP contribution in [-0.4, -0.2) is 54.4 Å². The lowest BCUT2D eigenvalue weighted by Gasteiger charge is -2.50. The van der Waals surface area contributed by atoms with Crippen molar-refractivity contribution in [1.29, 1.82) is 0 Å². The van der Waals surface area contributed by atoms with Gasteiger partial charge < -0.3 is 24.2 Å². The van der Waals surface area contributed by atoms with Crippen molar-refractivity contribution < 1.29 is 28.9 Å². The summed E-state index contributed by atoms with van der Waals surface area (Å²) in [6.07, 6.45) is 7.30. The highest BCUT2D eigenvalue weighted by atomic mass is 16.5. The first-order chi connectivity index (χ1) is 19.1. The second-order valence-electron chi connectivity index (χ2n) is 13.0. The summed E-state index contributed by atoms with van der Waals surface area (Å²) in [4.78, 5) is 28.0. The average Bonchev–Trinajstić information content (AvgIpc) is 2.93. The minimum absolute atomic E-state index is 0.0000417. The molecule has 5 unspecified atom stereocenters. The normalized spacial score (nSPS) is 33.2. The van der Waals surface area contributed by atoms with Gasteiger partial charge in [0.15, 0.2) is 11.5 Å². The molecule has 3 fully saturated rings. The molecule has 1 aromatic carbocycles. The van der Waals surface area contributed by atoms with E-state index in [0.29, 0.717) is 54.1 Å². The number of methoxy groups -OCH3 is 2. The van der Waals surface area contributed by atoms with Gasteiger partial charge in [0.2, 0.25) is 5.91 Å². The molecule has 224 valence electrons. The predicted octanol–water partition coefficient (Wildman–Crippen LogP) is 6.00. The Morgan fingerprint density at radius 2 is 1.82 bits per heavy atom. The van der Waals surface area contributed by atoms with Crippen LogP contribution in [0.2, 0.25) is 0 Å². The number of hydrogen-bond donors (Lipinski definition) is 1. The van der Waals surface area contributed by atoms with Gasteiger partial charge in [-0.1, -0.05) is 40.2 Å². The Bertz CT molecular complexity index is 1010. The second kappa shape index (κ2) is 13.6. The van der Waals surface area contributed by atoms with Crippen molar-refractivity contribution in [3.63, 3.8) is 0 Å². The molecule has 3 aliphatic rings. The molecular formula is C33H51NO6. The Labute approximate surface area is 240 Å². The van der Waals surface area contributed by atoms with Gasteiger partial charge in [0.05, 0.1) is 32.7 Å². The van der Waals surface area contributed by atoms with E-state index in [1.54, 1.807) is 14.2 Å². The lowest BCUT2D eigenvalue weighted by molar-refractivity contribution is -0.167. The van der Waals surface area contributed by atoms with Gasteiger partial charge in [-0.3, -0.25) is 9.59 Å². The van der Waals surface area contributed by atoms with E-state index in [1.165, 1.54) is 19.3 Å². The number of aliphatic hydroxyl groups excluding tert-OH is 1. The van der Waals surface area contributed by atoms with E-state index in [9.17, 15) is 14.7 Å². The smallest absolute Gasteiger partial charge is 0.308 e. The maximum absolute atomic E-state index is 13.2. The highest BCUT2D eigenvalue weighted by Gasteiger charge is 2.47. The van der Waals surface area contributed by atoms with Gasteiger partial charge >= 0.3 is 5.97 Å². The number of ether oxygens (including phenoxy) is 3. The minimum atomic E-state index is -0.601. The molecule has 1 N–H and O–H groups in total. The van der Waals surface area contributed by atoms with Gasteiger partial charge in [-0.2, -0.15) is 0 Å². The SMILES string of the molecule is CCC(C)C(=O)O[C@H]1C[C@@H](C)C[C@@H]2CCC(C)C(CCC3C[C@@H](O)CC(=O)N3Cc3ccc(OC)c(OC)c3)C21. The van der Waals surface area contributed by atoms with Crippen molar-refractivity contribution in [3.05, 3.63) is 23.8 Å².